The summed E-state index contributed by atoms with van der Waals surface area (Å²) in [5.41, 5.74) is 3.86. The molecule has 0 aliphatic heterocycles. The molecule has 0 heterocycles. The topological polar surface area (TPSA) is 114 Å². The summed E-state index contributed by atoms with van der Waals surface area (Å²) in [6.45, 7) is 4.12. The number of carboxylic acid groups (broad SMARTS) is 1. The second-order valence-corrected chi connectivity index (χ2v) is 9.05. The zero-order chi connectivity index (χ0) is 24.7. The van der Waals surface area contributed by atoms with Gasteiger partial charge < -0.3 is 25.2 Å². The van der Waals surface area contributed by atoms with E-state index in [-0.39, 0.29) is 37.9 Å². The van der Waals surface area contributed by atoms with E-state index in [1.54, 1.807) is 13.8 Å². The molecule has 1 aliphatic rings. The minimum Gasteiger partial charge on any atom is -0.481 e. The SMILES string of the molecule is COC(CNC(=O)C(C)(C)CCNC(=O)OCC1c2ccccc2-c2ccccc21)CC(=O)O. The highest BCUT2D eigenvalue weighted by Gasteiger charge is 2.30. The van der Waals surface area contributed by atoms with Crippen molar-refractivity contribution in [1.82, 2.24) is 10.6 Å². The first-order valence-corrected chi connectivity index (χ1v) is 11.3. The Morgan fingerprint density at radius 3 is 2.15 bits per heavy atom. The van der Waals surface area contributed by atoms with Crippen LogP contribution in [0.2, 0.25) is 0 Å². The molecule has 0 aromatic heterocycles. The highest BCUT2D eigenvalue weighted by atomic mass is 16.5. The van der Waals surface area contributed by atoms with Crippen molar-refractivity contribution in [3.8, 4) is 11.1 Å². The zero-order valence-electron chi connectivity index (χ0n) is 19.8. The molecule has 182 valence electrons. The van der Waals surface area contributed by atoms with Gasteiger partial charge in [0.2, 0.25) is 5.91 Å². The van der Waals surface area contributed by atoms with Crippen molar-refractivity contribution < 1.29 is 29.0 Å². The Hall–Kier alpha value is -3.39. The molecule has 0 fully saturated rings. The number of methoxy groups -OCH3 is 1. The van der Waals surface area contributed by atoms with Crippen molar-refractivity contribution >= 4 is 18.0 Å². The molecule has 3 N–H and O–H groups in total. The highest BCUT2D eigenvalue weighted by molar-refractivity contribution is 5.82. The number of nitrogens with one attached hydrogen (secondary N) is 2. The maximum atomic E-state index is 12.5. The molecule has 34 heavy (non-hydrogen) atoms. The van der Waals surface area contributed by atoms with Crippen LogP contribution in [0.4, 0.5) is 4.79 Å². The highest BCUT2D eigenvalue weighted by Crippen LogP contribution is 2.44. The van der Waals surface area contributed by atoms with Gasteiger partial charge in [-0.1, -0.05) is 62.4 Å². The molecule has 2 aromatic carbocycles. The van der Waals surface area contributed by atoms with Crippen molar-refractivity contribution in [3.05, 3.63) is 59.7 Å². The van der Waals surface area contributed by atoms with Crippen molar-refractivity contribution in [2.24, 2.45) is 5.41 Å². The Balaban J connectivity index is 1.45. The summed E-state index contributed by atoms with van der Waals surface area (Å²) in [5.74, 6) is -1.25. The lowest BCUT2D eigenvalue weighted by molar-refractivity contribution is -0.140. The van der Waals surface area contributed by atoms with Crippen LogP contribution in [0.15, 0.2) is 48.5 Å². The third-order valence-electron chi connectivity index (χ3n) is 6.20. The van der Waals surface area contributed by atoms with E-state index in [0.717, 1.165) is 11.1 Å². The lowest BCUT2D eigenvalue weighted by Crippen LogP contribution is -2.43. The number of rotatable bonds is 11. The normalized spacial score (nSPS) is 13.5. The van der Waals surface area contributed by atoms with Gasteiger partial charge in [0, 0.05) is 31.5 Å². The average molecular weight is 469 g/mol. The molecule has 8 nitrogen and oxygen atoms in total. The Kier molecular flexibility index (Phi) is 8.28. The third-order valence-corrected chi connectivity index (χ3v) is 6.20. The molecule has 8 heteroatoms. The fourth-order valence-electron chi connectivity index (χ4n) is 4.12. The van der Waals surface area contributed by atoms with E-state index in [2.05, 4.69) is 34.9 Å². The number of alkyl carbamates (subject to hydrolysis) is 1. The van der Waals surface area contributed by atoms with Crippen molar-refractivity contribution in [3.63, 3.8) is 0 Å². The molecule has 1 unspecified atom stereocenters. The van der Waals surface area contributed by atoms with Crippen LogP contribution < -0.4 is 10.6 Å². The van der Waals surface area contributed by atoms with E-state index >= 15 is 0 Å². The van der Waals surface area contributed by atoms with E-state index < -0.39 is 23.6 Å². The molecule has 0 saturated heterocycles. The van der Waals surface area contributed by atoms with E-state index in [1.165, 1.54) is 18.2 Å². The number of carbonyl (C=O) groups is 3. The number of carboxylic acids is 1. The van der Waals surface area contributed by atoms with Crippen LogP contribution in [0.3, 0.4) is 0 Å². The quantitative estimate of drug-likeness (QED) is 0.465. The van der Waals surface area contributed by atoms with Crippen LogP contribution in [-0.2, 0) is 19.1 Å². The fourth-order valence-corrected chi connectivity index (χ4v) is 4.12. The van der Waals surface area contributed by atoms with E-state index in [1.807, 2.05) is 24.3 Å². The van der Waals surface area contributed by atoms with Gasteiger partial charge >= 0.3 is 12.1 Å². The van der Waals surface area contributed by atoms with Crippen LogP contribution in [0.5, 0.6) is 0 Å². The van der Waals surface area contributed by atoms with E-state index in [0.29, 0.717) is 6.42 Å². The van der Waals surface area contributed by atoms with Gasteiger partial charge in [-0.05, 0) is 28.7 Å². The van der Waals surface area contributed by atoms with Crippen LogP contribution in [0, 0.1) is 5.41 Å². The molecule has 3 rings (SSSR count). The standard InChI is InChI=1S/C26H32N2O6/c1-26(2,24(31)28-15-17(33-3)14-23(29)30)12-13-27-25(32)34-16-22-20-10-6-4-8-18(20)19-9-5-7-11-21(19)22/h4-11,17,22H,12-16H2,1-3H3,(H,27,32)(H,28,31)(H,29,30). The summed E-state index contributed by atoms with van der Waals surface area (Å²) < 4.78 is 10.6. The summed E-state index contributed by atoms with van der Waals surface area (Å²) in [6.07, 6.45) is -0.935. The number of hydrogen-bond acceptors (Lipinski definition) is 5. The number of aliphatic carboxylic acids is 1. The number of amides is 2. The summed E-state index contributed by atoms with van der Waals surface area (Å²) in [5, 5.41) is 14.3. The Bertz CT molecular complexity index is 990. The Morgan fingerprint density at radius 1 is 1.00 bits per heavy atom. The number of benzene rings is 2. The number of fused-ring (bicyclic) bond motifs is 3. The molecule has 0 spiro atoms. The van der Waals surface area contributed by atoms with Gasteiger partial charge in [0.25, 0.3) is 0 Å². The van der Waals surface area contributed by atoms with Gasteiger partial charge in [-0.3, -0.25) is 9.59 Å². The largest absolute Gasteiger partial charge is 0.481 e. The lowest BCUT2D eigenvalue weighted by atomic mass is 9.88. The summed E-state index contributed by atoms with van der Waals surface area (Å²) >= 11 is 0. The van der Waals surface area contributed by atoms with Crippen molar-refractivity contribution in [1.29, 1.82) is 0 Å². The first-order valence-electron chi connectivity index (χ1n) is 11.3. The second kappa shape index (κ2) is 11.2. The van der Waals surface area contributed by atoms with Gasteiger partial charge in [0.1, 0.15) is 6.61 Å². The Labute approximate surface area is 199 Å². The van der Waals surface area contributed by atoms with Gasteiger partial charge in [0.15, 0.2) is 0 Å². The number of ether oxygens (including phenoxy) is 2. The molecular weight excluding hydrogens is 436 g/mol. The van der Waals surface area contributed by atoms with Crippen LogP contribution in [0.1, 0.15) is 43.7 Å². The monoisotopic (exact) mass is 468 g/mol. The molecule has 0 saturated carbocycles. The van der Waals surface area contributed by atoms with Crippen LogP contribution in [-0.4, -0.2) is 56.0 Å². The molecule has 2 amide bonds. The van der Waals surface area contributed by atoms with E-state index in [9.17, 15) is 14.4 Å². The first-order chi connectivity index (χ1) is 16.2. The maximum absolute atomic E-state index is 12.5. The number of carbonyl (C=O) groups excluding carboxylic acids is 2. The molecule has 0 bridgehead atoms. The minimum atomic E-state index is -0.993. The van der Waals surface area contributed by atoms with Gasteiger partial charge in [0.05, 0.1) is 12.5 Å². The smallest absolute Gasteiger partial charge is 0.407 e. The predicted molar refractivity (Wildman–Crippen MR) is 128 cm³/mol. The summed E-state index contributed by atoms with van der Waals surface area (Å²) in [4.78, 5) is 35.7. The first kappa shape index (κ1) is 25.2. The van der Waals surface area contributed by atoms with Crippen molar-refractivity contribution in [2.45, 2.75) is 38.7 Å². The maximum Gasteiger partial charge on any atom is 0.407 e. The molecule has 2 aromatic rings. The van der Waals surface area contributed by atoms with Crippen LogP contribution >= 0.6 is 0 Å². The second-order valence-electron chi connectivity index (χ2n) is 9.05. The van der Waals surface area contributed by atoms with Gasteiger partial charge in [-0.25, -0.2) is 4.79 Å². The number of hydrogen-bond donors (Lipinski definition) is 3. The molecule has 1 atom stereocenters. The van der Waals surface area contributed by atoms with Crippen molar-refractivity contribution in [2.75, 3.05) is 26.8 Å². The fraction of sp³-hybridized carbons (Fsp3) is 0.423. The minimum absolute atomic E-state index is 0.0140. The van der Waals surface area contributed by atoms with Crippen LogP contribution in [0.25, 0.3) is 11.1 Å². The third kappa shape index (κ3) is 6.14. The summed E-state index contributed by atoms with van der Waals surface area (Å²) in [6, 6.07) is 16.3. The Morgan fingerprint density at radius 2 is 1.59 bits per heavy atom. The molecule has 1 aliphatic carbocycles. The lowest BCUT2D eigenvalue weighted by Gasteiger charge is -2.25. The zero-order valence-corrected chi connectivity index (χ0v) is 19.8. The van der Waals surface area contributed by atoms with Gasteiger partial charge in [-0.2, -0.15) is 0 Å². The predicted octanol–water partition coefficient (Wildman–Crippen LogP) is 3.55. The summed E-state index contributed by atoms with van der Waals surface area (Å²) in [7, 11) is 1.41. The molecule has 0 radical (unpaired) electrons. The average Bonchev–Trinajstić information content (AvgIpc) is 3.13. The van der Waals surface area contributed by atoms with E-state index in [4.69, 9.17) is 14.6 Å². The molecular formula is C26H32N2O6. The van der Waals surface area contributed by atoms with Gasteiger partial charge in [-0.15, -0.1) is 0 Å².